The third-order valence-electron chi connectivity index (χ3n) is 3.34. The molecule has 0 spiro atoms. The number of hydrazine groups is 1. The Morgan fingerprint density at radius 2 is 1.57 bits per heavy atom. The van der Waals surface area contributed by atoms with Gasteiger partial charge in [-0.3, -0.25) is 10.8 Å². The number of nitrogens with one attached hydrogen (secondary N) is 1. The van der Waals surface area contributed by atoms with Crippen molar-refractivity contribution in [2.24, 2.45) is 5.84 Å². The van der Waals surface area contributed by atoms with Gasteiger partial charge in [-0.05, 0) is 49.2 Å². The Morgan fingerprint density at radius 1 is 0.952 bits per heavy atom. The molecule has 5 nitrogen and oxygen atoms in total. The van der Waals surface area contributed by atoms with Crippen molar-refractivity contribution in [2.75, 3.05) is 14.2 Å². The third-order valence-corrected chi connectivity index (χ3v) is 3.34. The molecule has 0 saturated carbocycles. The van der Waals surface area contributed by atoms with Crippen molar-refractivity contribution in [1.29, 1.82) is 0 Å². The molecule has 1 aromatic heterocycles. The summed E-state index contributed by atoms with van der Waals surface area (Å²) in [7, 11) is 3.24. The SMILES string of the molecule is COc1ccc(C(NN)c2cc(C)nc(C)c2)cc1OC. The van der Waals surface area contributed by atoms with Gasteiger partial charge in [0, 0.05) is 11.4 Å². The number of benzene rings is 1. The van der Waals surface area contributed by atoms with Crippen LogP contribution >= 0.6 is 0 Å². The van der Waals surface area contributed by atoms with E-state index in [-0.39, 0.29) is 6.04 Å². The third kappa shape index (κ3) is 3.32. The van der Waals surface area contributed by atoms with E-state index in [4.69, 9.17) is 15.3 Å². The molecular formula is C16H21N3O2. The lowest BCUT2D eigenvalue weighted by Crippen LogP contribution is -2.29. The number of hydrogen-bond donors (Lipinski definition) is 2. The number of methoxy groups -OCH3 is 2. The fourth-order valence-electron chi connectivity index (χ4n) is 2.45. The molecule has 1 aromatic carbocycles. The average Bonchev–Trinajstić information content (AvgIpc) is 2.46. The van der Waals surface area contributed by atoms with Gasteiger partial charge < -0.3 is 9.47 Å². The standard InChI is InChI=1S/C16H21N3O2/c1-10-7-13(8-11(2)18-10)16(19-17)12-5-6-14(20-3)15(9-12)21-4/h5-9,16,19H,17H2,1-4H3. The molecular weight excluding hydrogens is 266 g/mol. The predicted octanol–water partition coefficient (Wildman–Crippen LogP) is 2.27. The summed E-state index contributed by atoms with van der Waals surface area (Å²) in [5.74, 6) is 7.13. The van der Waals surface area contributed by atoms with Crippen LogP contribution in [0, 0.1) is 13.8 Å². The quantitative estimate of drug-likeness (QED) is 0.652. The molecule has 0 fully saturated rings. The number of hydrogen-bond acceptors (Lipinski definition) is 5. The second kappa shape index (κ2) is 6.56. The van der Waals surface area contributed by atoms with Crippen LogP contribution in [0.1, 0.15) is 28.6 Å². The van der Waals surface area contributed by atoms with Crippen LogP contribution in [0.3, 0.4) is 0 Å². The molecule has 0 aliphatic rings. The molecule has 0 bridgehead atoms. The molecule has 112 valence electrons. The van der Waals surface area contributed by atoms with Gasteiger partial charge in [0.2, 0.25) is 0 Å². The summed E-state index contributed by atoms with van der Waals surface area (Å²) in [6.07, 6.45) is 0. The van der Waals surface area contributed by atoms with Crippen LogP contribution in [0.5, 0.6) is 11.5 Å². The van der Waals surface area contributed by atoms with Crippen LogP contribution in [-0.2, 0) is 0 Å². The molecule has 0 aliphatic heterocycles. The number of rotatable bonds is 5. The monoisotopic (exact) mass is 287 g/mol. The normalized spacial score (nSPS) is 12.0. The zero-order chi connectivity index (χ0) is 15.4. The fraction of sp³-hybridized carbons (Fsp3) is 0.312. The minimum Gasteiger partial charge on any atom is -0.493 e. The van der Waals surface area contributed by atoms with Gasteiger partial charge in [0.15, 0.2) is 11.5 Å². The minimum atomic E-state index is -0.134. The number of nitrogens with zero attached hydrogens (tertiary/aromatic N) is 1. The van der Waals surface area contributed by atoms with Crippen molar-refractivity contribution in [3.63, 3.8) is 0 Å². The van der Waals surface area contributed by atoms with E-state index in [1.54, 1.807) is 14.2 Å². The van der Waals surface area contributed by atoms with Crippen LogP contribution in [0.15, 0.2) is 30.3 Å². The maximum absolute atomic E-state index is 5.76. The zero-order valence-electron chi connectivity index (χ0n) is 12.8. The largest absolute Gasteiger partial charge is 0.493 e. The second-order valence-electron chi connectivity index (χ2n) is 4.90. The molecule has 1 atom stereocenters. The van der Waals surface area contributed by atoms with E-state index in [1.807, 2.05) is 44.2 Å². The molecule has 0 radical (unpaired) electrons. The van der Waals surface area contributed by atoms with E-state index in [9.17, 15) is 0 Å². The Morgan fingerprint density at radius 3 is 2.10 bits per heavy atom. The highest BCUT2D eigenvalue weighted by Gasteiger charge is 2.16. The highest BCUT2D eigenvalue weighted by Crippen LogP contribution is 2.32. The maximum Gasteiger partial charge on any atom is 0.161 e. The first-order chi connectivity index (χ1) is 10.1. The van der Waals surface area contributed by atoms with Crippen molar-refractivity contribution < 1.29 is 9.47 Å². The number of nitrogens with two attached hydrogens (primary N) is 1. The summed E-state index contributed by atoms with van der Waals surface area (Å²) in [5, 5.41) is 0. The molecule has 0 aliphatic carbocycles. The molecule has 21 heavy (non-hydrogen) atoms. The molecule has 1 heterocycles. The Bertz CT molecular complexity index is 609. The van der Waals surface area contributed by atoms with Gasteiger partial charge in [-0.15, -0.1) is 0 Å². The second-order valence-corrected chi connectivity index (χ2v) is 4.90. The highest BCUT2D eigenvalue weighted by atomic mass is 16.5. The van der Waals surface area contributed by atoms with Crippen molar-refractivity contribution >= 4 is 0 Å². The molecule has 1 unspecified atom stereocenters. The maximum atomic E-state index is 5.76. The van der Waals surface area contributed by atoms with Crippen LogP contribution in [0.25, 0.3) is 0 Å². The summed E-state index contributed by atoms with van der Waals surface area (Å²) in [5.41, 5.74) is 6.85. The number of pyridine rings is 1. The van der Waals surface area contributed by atoms with E-state index in [0.29, 0.717) is 11.5 Å². The van der Waals surface area contributed by atoms with Crippen LogP contribution in [-0.4, -0.2) is 19.2 Å². The minimum absolute atomic E-state index is 0.134. The zero-order valence-corrected chi connectivity index (χ0v) is 12.8. The van der Waals surface area contributed by atoms with Crippen LogP contribution in [0.2, 0.25) is 0 Å². The summed E-state index contributed by atoms with van der Waals surface area (Å²) < 4.78 is 10.6. The van der Waals surface area contributed by atoms with Crippen molar-refractivity contribution in [1.82, 2.24) is 10.4 Å². The summed E-state index contributed by atoms with van der Waals surface area (Å²) in [4.78, 5) is 4.39. The van der Waals surface area contributed by atoms with Crippen LogP contribution in [0.4, 0.5) is 0 Å². The molecule has 2 aromatic rings. The van der Waals surface area contributed by atoms with E-state index < -0.39 is 0 Å². The number of aryl methyl sites for hydroxylation is 2. The molecule has 0 saturated heterocycles. The van der Waals surface area contributed by atoms with Gasteiger partial charge in [0.25, 0.3) is 0 Å². The first kappa shape index (κ1) is 15.3. The van der Waals surface area contributed by atoms with E-state index >= 15 is 0 Å². The molecule has 5 heteroatoms. The Balaban J connectivity index is 2.45. The lowest BCUT2D eigenvalue weighted by molar-refractivity contribution is 0.354. The average molecular weight is 287 g/mol. The number of aromatic nitrogens is 1. The molecule has 3 N–H and O–H groups in total. The lowest BCUT2D eigenvalue weighted by atomic mass is 9.98. The van der Waals surface area contributed by atoms with Gasteiger partial charge in [0.1, 0.15) is 0 Å². The van der Waals surface area contributed by atoms with Crippen molar-refractivity contribution in [3.8, 4) is 11.5 Å². The van der Waals surface area contributed by atoms with Crippen LogP contribution < -0.4 is 20.7 Å². The Hall–Kier alpha value is -2.11. The lowest BCUT2D eigenvalue weighted by Gasteiger charge is -2.19. The first-order valence-electron chi connectivity index (χ1n) is 6.72. The van der Waals surface area contributed by atoms with E-state index in [2.05, 4.69) is 10.4 Å². The Kier molecular flexibility index (Phi) is 4.77. The summed E-state index contributed by atoms with van der Waals surface area (Å²) >= 11 is 0. The van der Waals surface area contributed by atoms with Gasteiger partial charge in [-0.1, -0.05) is 6.07 Å². The number of ether oxygens (including phenoxy) is 2. The van der Waals surface area contributed by atoms with Crippen molar-refractivity contribution in [3.05, 3.63) is 52.8 Å². The Labute approximate surface area is 125 Å². The van der Waals surface area contributed by atoms with E-state index in [0.717, 1.165) is 22.5 Å². The highest BCUT2D eigenvalue weighted by molar-refractivity contribution is 5.46. The predicted molar refractivity (Wildman–Crippen MR) is 82.4 cm³/mol. The smallest absolute Gasteiger partial charge is 0.161 e. The molecule has 2 rings (SSSR count). The topological polar surface area (TPSA) is 69.4 Å². The summed E-state index contributed by atoms with van der Waals surface area (Å²) in [6, 6.07) is 9.68. The van der Waals surface area contributed by atoms with Gasteiger partial charge in [-0.2, -0.15) is 0 Å². The van der Waals surface area contributed by atoms with Crippen molar-refractivity contribution in [2.45, 2.75) is 19.9 Å². The van der Waals surface area contributed by atoms with Gasteiger partial charge in [-0.25, -0.2) is 5.43 Å². The fourth-order valence-corrected chi connectivity index (χ4v) is 2.45. The molecule has 0 amide bonds. The first-order valence-corrected chi connectivity index (χ1v) is 6.72. The van der Waals surface area contributed by atoms with Gasteiger partial charge in [0.05, 0.1) is 20.3 Å². The van der Waals surface area contributed by atoms with Gasteiger partial charge >= 0.3 is 0 Å². The summed E-state index contributed by atoms with van der Waals surface area (Å²) in [6.45, 7) is 3.94. The van der Waals surface area contributed by atoms with E-state index in [1.165, 1.54) is 0 Å².